The van der Waals surface area contributed by atoms with E-state index in [9.17, 15) is 4.79 Å². The number of nitrogens with two attached hydrogens (primary N) is 1. The van der Waals surface area contributed by atoms with Crippen molar-refractivity contribution < 1.29 is 9.53 Å². The van der Waals surface area contributed by atoms with Gasteiger partial charge < -0.3 is 15.8 Å². The minimum atomic E-state index is -0.146. The fourth-order valence-corrected chi connectivity index (χ4v) is 2.51. The molecule has 0 saturated heterocycles. The zero-order chi connectivity index (χ0) is 15.2. The summed E-state index contributed by atoms with van der Waals surface area (Å²) in [4.78, 5) is 12.8. The van der Waals surface area contributed by atoms with E-state index in [2.05, 4.69) is 17.2 Å². The molecule has 0 unspecified atom stereocenters. The van der Waals surface area contributed by atoms with Gasteiger partial charge in [-0.05, 0) is 30.7 Å². The Bertz CT molecular complexity index is 711. The predicted molar refractivity (Wildman–Crippen MR) is 85.9 cm³/mol. The van der Waals surface area contributed by atoms with Crippen LogP contribution in [0.5, 0.6) is 5.75 Å². The van der Waals surface area contributed by atoms with Gasteiger partial charge in [0.05, 0.1) is 18.5 Å². The van der Waals surface area contributed by atoms with Crippen molar-refractivity contribution in [2.24, 2.45) is 5.73 Å². The Morgan fingerprint density at radius 3 is 2.86 bits per heavy atom. The maximum absolute atomic E-state index is 12.2. The first-order chi connectivity index (χ1) is 10.1. The summed E-state index contributed by atoms with van der Waals surface area (Å²) in [5, 5.41) is 4.69. The maximum Gasteiger partial charge on any atom is 0.265 e. The van der Waals surface area contributed by atoms with E-state index in [1.54, 1.807) is 18.6 Å². The van der Waals surface area contributed by atoms with Crippen molar-refractivity contribution in [1.29, 1.82) is 0 Å². The van der Waals surface area contributed by atoms with Crippen LogP contribution in [0.4, 0.5) is 5.69 Å². The molecule has 1 aromatic carbocycles. The van der Waals surface area contributed by atoms with E-state index in [-0.39, 0.29) is 5.91 Å². The summed E-state index contributed by atoms with van der Waals surface area (Å²) in [5.74, 6) is 6.31. The highest BCUT2D eigenvalue weighted by atomic mass is 32.1. The molecule has 0 aliphatic heterocycles. The normalized spacial score (nSPS) is 9.67. The van der Waals surface area contributed by atoms with Gasteiger partial charge in [-0.25, -0.2) is 0 Å². The van der Waals surface area contributed by atoms with Crippen LogP contribution in [-0.2, 0) is 0 Å². The molecule has 5 heteroatoms. The lowest BCUT2D eigenvalue weighted by atomic mass is 10.1. The van der Waals surface area contributed by atoms with Gasteiger partial charge in [-0.1, -0.05) is 11.8 Å². The summed E-state index contributed by atoms with van der Waals surface area (Å²) in [6.45, 7) is 2.26. The predicted octanol–water partition coefficient (Wildman–Crippen LogP) is 2.63. The molecule has 1 amide bonds. The van der Waals surface area contributed by atoms with Crippen LogP contribution >= 0.6 is 11.3 Å². The third-order valence-corrected chi connectivity index (χ3v) is 3.75. The number of benzene rings is 1. The number of amides is 1. The monoisotopic (exact) mass is 300 g/mol. The van der Waals surface area contributed by atoms with E-state index in [1.807, 2.05) is 25.1 Å². The Morgan fingerprint density at radius 2 is 2.24 bits per heavy atom. The van der Waals surface area contributed by atoms with Gasteiger partial charge in [0.25, 0.3) is 5.91 Å². The van der Waals surface area contributed by atoms with E-state index >= 15 is 0 Å². The zero-order valence-corrected chi connectivity index (χ0v) is 12.7. The minimum absolute atomic E-state index is 0.146. The van der Waals surface area contributed by atoms with Crippen molar-refractivity contribution in [2.45, 2.75) is 6.92 Å². The summed E-state index contributed by atoms with van der Waals surface area (Å²) < 4.78 is 5.08. The highest BCUT2D eigenvalue weighted by Crippen LogP contribution is 2.23. The van der Waals surface area contributed by atoms with Gasteiger partial charge in [0.2, 0.25) is 0 Å². The third kappa shape index (κ3) is 3.85. The highest BCUT2D eigenvalue weighted by Gasteiger charge is 2.11. The van der Waals surface area contributed by atoms with Crippen LogP contribution in [0.15, 0.2) is 29.6 Å². The van der Waals surface area contributed by atoms with Crippen LogP contribution in [0.2, 0.25) is 0 Å². The Morgan fingerprint density at radius 1 is 1.43 bits per heavy atom. The quantitative estimate of drug-likeness (QED) is 0.856. The van der Waals surface area contributed by atoms with Crippen molar-refractivity contribution in [1.82, 2.24) is 0 Å². The topological polar surface area (TPSA) is 64.3 Å². The lowest BCUT2D eigenvalue weighted by Crippen LogP contribution is -2.11. The summed E-state index contributed by atoms with van der Waals surface area (Å²) in [6, 6.07) is 7.35. The number of carbonyl (C=O) groups excluding carboxylic acids is 1. The van der Waals surface area contributed by atoms with E-state index in [4.69, 9.17) is 10.5 Å². The number of anilines is 1. The average molecular weight is 300 g/mol. The second-order valence-corrected chi connectivity index (χ2v) is 5.25. The van der Waals surface area contributed by atoms with Crippen LogP contribution in [0, 0.1) is 18.8 Å². The van der Waals surface area contributed by atoms with Crippen LogP contribution < -0.4 is 15.8 Å². The Hall–Kier alpha value is -2.29. The standard InChI is InChI=1S/C16H16N2O2S/c1-11-8-12(4-3-7-17)5-6-14(11)18-16(19)15-9-13(20-2)10-21-15/h5-6,8-10H,7,17H2,1-2H3,(H,18,19). The molecular weight excluding hydrogens is 284 g/mol. The van der Waals surface area contributed by atoms with E-state index in [0.29, 0.717) is 17.2 Å². The largest absolute Gasteiger partial charge is 0.496 e. The Balaban J connectivity index is 2.14. The number of nitrogens with one attached hydrogen (secondary N) is 1. The molecule has 2 rings (SSSR count). The molecule has 0 aliphatic carbocycles. The molecule has 0 fully saturated rings. The molecule has 21 heavy (non-hydrogen) atoms. The first-order valence-electron chi connectivity index (χ1n) is 6.37. The Kier molecular flexibility index (Phi) is 4.99. The van der Waals surface area contributed by atoms with Gasteiger partial charge in [-0.2, -0.15) is 0 Å². The van der Waals surface area contributed by atoms with Crippen LogP contribution in [0.3, 0.4) is 0 Å². The summed E-state index contributed by atoms with van der Waals surface area (Å²) in [7, 11) is 1.58. The number of rotatable bonds is 3. The van der Waals surface area contributed by atoms with Crippen molar-refractivity contribution in [3.63, 3.8) is 0 Å². The van der Waals surface area contributed by atoms with Crippen molar-refractivity contribution >= 4 is 22.9 Å². The van der Waals surface area contributed by atoms with Gasteiger partial charge in [0.15, 0.2) is 0 Å². The van der Waals surface area contributed by atoms with Crippen molar-refractivity contribution in [2.75, 3.05) is 19.0 Å². The first-order valence-corrected chi connectivity index (χ1v) is 7.25. The molecule has 2 aromatic rings. The molecule has 1 heterocycles. The van der Waals surface area contributed by atoms with Gasteiger partial charge >= 0.3 is 0 Å². The molecular formula is C16H16N2O2S. The number of ether oxygens (including phenoxy) is 1. The van der Waals surface area contributed by atoms with Gasteiger partial charge in [0, 0.05) is 22.7 Å². The maximum atomic E-state index is 12.2. The SMILES string of the molecule is COc1csc(C(=O)Nc2ccc(C#CCN)cc2C)c1. The average Bonchev–Trinajstić information content (AvgIpc) is 2.96. The molecule has 108 valence electrons. The molecule has 1 aromatic heterocycles. The summed E-state index contributed by atoms with van der Waals surface area (Å²) in [6.07, 6.45) is 0. The van der Waals surface area contributed by atoms with Gasteiger partial charge in [-0.3, -0.25) is 4.79 Å². The molecule has 0 aliphatic rings. The zero-order valence-electron chi connectivity index (χ0n) is 11.9. The minimum Gasteiger partial charge on any atom is -0.496 e. The lowest BCUT2D eigenvalue weighted by Gasteiger charge is -2.07. The second-order valence-electron chi connectivity index (χ2n) is 4.34. The van der Waals surface area contributed by atoms with Crippen LogP contribution in [0.25, 0.3) is 0 Å². The number of thiophene rings is 1. The van der Waals surface area contributed by atoms with Crippen LogP contribution in [0.1, 0.15) is 20.8 Å². The number of hydrogen-bond acceptors (Lipinski definition) is 4. The number of aryl methyl sites for hydroxylation is 1. The van der Waals surface area contributed by atoms with E-state index < -0.39 is 0 Å². The Labute approximate surface area is 127 Å². The molecule has 0 bridgehead atoms. The molecule has 0 radical (unpaired) electrons. The van der Waals surface area contributed by atoms with E-state index in [1.165, 1.54) is 11.3 Å². The molecule has 0 atom stereocenters. The fourth-order valence-electron chi connectivity index (χ4n) is 1.76. The molecule has 0 spiro atoms. The van der Waals surface area contributed by atoms with Gasteiger partial charge in [-0.15, -0.1) is 11.3 Å². The number of methoxy groups -OCH3 is 1. The fraction of sp³-hybridized carbons (Fsp3) is 0.188. The highest BCUT2D eigenvalue weighted by molar-refractivity contribution is 7.12. The first kappa shape index (κ1) is 15.1. The van der Waals surface area contributed by atoms with Gasteiger partial charge in [0.1, 0.15) is 5.75 Å². The van der Waals surface area contributed by atoms with E-state index in [0.717, 1.165) is 16.8 Å². The molecule has 3 N–H and O–H groups in total. The molecule has 0 saturated carbocycles. The van der Waals surface area contributed by atoms with Crippen molar-refractivity contribution in [3.05, 3.63) is 45.6 Å². The summed E-state index contributed by atoms with van der Waals surface area (Å²) in [5.41, 5.74) is 7.95. The second kappa shape index (κ2) is 6.93. The third-order valence-electron chi connectivity index (χ3n) is 2.84. The summed E-state index contributed by atoms with van der Waals surface area (Å²) >= 11 is 1.35. The van der Waals surface area contributed by atoms with Crippen molar-refractivity contribution in [3.8, 4) is 17.6 Å². The lowest BCUT2D eigenvalue weighted by molar-refractivity contribution is 0.103. The smallest absolute Gasteiger partial charge is 0.265 e. The molecule has 4 nitrogen and oxygen atoms in total. The number of carbonyl (C=O) groups is 1. The van der Waals surface area contributed by atoms with Crippen LogP contribution in [-0.4, -0.2) is 19.6 Å². The number of hydrogen-bond donors (Lipinski definition) is 2.